The summed E-state index contributed by atoms with van der Waals surface area (Å²) in [4.78, 5) is 41.5. The molecule has 0 N–H and O–H groups in total. The standard InChI is InChI=1S/C20H30N2O6/c1-13(2)27-18(24)14(3)17-15(9-8-10-21-17)12-26-16(23)11-22(7)19(25)28-20(4,5)6/h8-10,13-14H,11-12H2,1-7H3. The van der Waals surface area contributed by atoms with Gasteiger partial charge in [-0.2, -0.15) is 0 Å². The third-order valence-corrected chi connectivity index (χ3v) is 3.50. The topological polar surface area (TPSA) is 95.0 Å². The van der Waals surface area contributed by atoms with Crippen LogP contribution < -0.4 is 0 Å². The van der Waals surface area contributed by atoms with Crippen molar-refractivity contribution in [1.82, 2.24) is 9.88 Å². The van der Waals surface area contributed by atoms with Crippen LogP contribution in [0, 0.1) is 0 Å². The maximum absolute atomic E-state index is 12.2. The highest BCUT2D eigenvalue weighted by molar-refractivity contribution is 5.78. The summed E-state index contributed by atoms with van der Waals surface area (Å²) in [6, 6.07) is 3.42. The first-order chi connectivity index (χ1) is 12.9. The Morgan fingerprint density at radius 1 is 1.18 bits per heavy atom. The summed E-state index contributed by atoms with van der Waals surface area (Å²) in [5.41, 5.74) is 0.436. The molecule has 8 heteroatoms. The largest absolute Gasteiger partial charge is 0.462 e. The molecule has 156 valence electrons. The number of likely N-dealkylation sites (N-methyl/N-ethyl adjacent to an activating group) is 1. The molecule has 0 aliphatic heterocycles. The summed E-state index contributed by atoms with van der Waals surface area (Å²) >= 11 is 0. The van der Waals surface area contributed by atoms with Crippen molar-refractivity contribution in [2.45, 2.75) is 65.8 Å². The lowest BCUT2D eigenvalue weighted by molar-refractivity contribution is -0.148. The van der Waals surface area contributed by atoms with Gasteiger partial charge in [0.1, 0.15) is 18.8 Å². The molecule has 1 aromatic rings. The minimum absolute atomic E-state index is 0.0660. The average molecular weight is 394 g/mol. The average Bonchev–Trinajstić information content (AvgIpc) is 2.57. The minimum Gasteiger partial charge on any atom is -0.462 e. The van der Waals surface area contributed by atoms with Gasteiger partial charge < -0.3 is 19.1 Å². The van der Waals surface area contributed by atoms with E-state index in [2.05, 4.69) is 4.98 Å². The van der Waals surface area contributed by atoms with E-state index in [0.717, 1.165) is 4.90 Å². The van der Waals surface area contributed by atoms with Crippen molar-refractivity contribution < 1.29 is 28.6 Å². The number of nitrogens with zero attached hydrogens (tertiary/aromatic N) is 2. The molecule has 0 spiro atoms. The van der Waals surface area contributed by atoms with Gasteiger partial charge in [0, 0.05) is 18.8 Å². The molecule has 0 radical (unpaired) electrons. The van der Waals surface area contributed by atoms with Crippen LogP contribution in [-0.2, 0) is 30.4 Å². The van der Waals surface area contributed by atoms with Gasteiger partial charge in [-0.25, -0.2) is 4.79 Å². The van der Waals surface area contributed by atoms with Crippen LogP contribution in [0.1, 0.15) is 58.7 Å². The van der Waals surface area contributed by atoms with E-state index in [9.17, 15) is 14.4 Å². The van der Waals surface area contributed by atoms with E-state index in [1.165, 1.54) is 7.05 Å². The number of pyridine rings is 1. The van der Waals surface area contributed by atoms with E-state index >= 15 is 0 Å². The molecule has 0 saturated heterocycles. The van der Waals surface area contributed by atoms with Crippen molar-refractivity contribution >= 4 is 18.0 Å². The summed E-state index contributed by atoms with van der Waals surface area (Å²) in [5.74, 6) is -1.59. The van der Waals surface area contributed by atoms with Crippen LogP contribution in [0.4, 0.5) is 4.79 Å². The van der Waals surface area contributed by atoms with Gasteiger partial charge in [0.2, 0.25) is 0 Å². The summed E-state index contributed by atoms with van der Waals surface area (Å²) in [6.45, 7) is 10.1. The van der Waals surface area contributed by atoms with Crippen LogP contribution in [0.15, 0.2) is 18.3 Å². The SMILES string of the molecule is CC(C)OC(=O)C(C)c1ncccc1COC(=O)CN(C)C(=O)OC(C)(C)C. The molecule has 0 saturated carbocycles. The Hall–Kier alpha value is -2.64. The minimum atomic E-state index is -0.652. The van der Waals surface area contributed by atoms with Gasteiger partial charge in [-0.05, 0) is 47.6 Å². The van der Waals surface area contributed by atoms with Gasteiger partial charge in [-0.3, -0.25) is 14.6 Å². The second-order valence-corrected chi connectivity index (χ2v) is 7.75. The number of hydrogen-bond acceptors (Lipinski definition) is 7. The number of carbonyl (C=O) groups excluding carboxylic acids is 3. The van der Waals surface area contributed by atoms with E-state index < -0.39 is 29.6 Å². The number of ether oxygens (including phenoxy) is 3. The lowest BCUT2D eigenvalue weighted by atomic mass is 10.0. The Kier molecular flexibility index (Phi) is 8.40. The van der Waals surface area contributed by atoms with Crippen LogP contribution >= 0.6 is 0 Å². The third-order valence-electron chi connectivity index (χ3n) is 3.50. The van der Waals surface area contributed by atoms with Crippen LogP contribution in [0.3, 0.4) is 0 Å². The Balaban J connectivity index is 2.69. The van der Waals surface area contributed by atoms with E-state index in [-0.39, 0.29) is 19.3 Å². The maximum atomic E-state index is 12.2. The molecule has 0 bridgehead atoms. The molecule has 1 atom stereocenters. The highest BCUT2D eigenvalue weighted by Gasteiger charge is 2.24. The molecule has 0 aromatic carbocycles. The fourth-order valence-electron chi connectivity index (χ4n) is 2.21. The number of amides is 1. The summed E-state index contributed by atoms with van der Waals surface area (Å²) in [7, 11) is 1.45. The van der Waals surface area contributed by atoms with Gasteiger partial charge in [-0.15, -0.1) is 0 Å². The van der Waals surface area contributed by atoms with Crippen molar-refractivity contribution in [3.63, 3.8) is 0 Å². The predicted molar refractivity (Wildman–Crippen MR) is 103 cm³/mol. The summed E-state index contributed by atoms with van der Waals surface area (Å²) in [6.07, 6.45) is 0.718. The third kappa shape index (κ3) is 7.94. The Bertz CT molecular complexity index is 696. The first kappa shape index (κ1) is 23.4. The number of rotatable bonds is 7. The lowest BCUT2D eigenvalue weighted by Crippen LogP contribution is -2.37. The number of esters is 2. The number of aromatic nitrogens is 1. The smallest absolute Gasteiger partial charge is 0.410 e. The highest BCUT2D eigenvalue weighted by atomic mass is 16.6. The van der Waals surface area contributed by atoms with Gasteiger partial charge in [-0.1, -0.05) is 6.07 Å². The second-order valence-electron chi connectivity index (χ2n) is 7.75. The fraction of sp³-hybridized carbons (Fsp3) is 0.600. The van der Waals surface area contributed by atoms with E-state index in [4.69, 9.17) is 14.2 Å². The molecule has 0 fully saturated rings. The van der Waals surface area contributed by atoms with Crippen molar-refractivity contribution in [2.75, 3.05) is 13.6 Å². The molecule has 1 rings (SSSR count). The molecule has 1 aromatic heterocycles. The van der Waals surface area contributed by atoms with Gasteiger partial charge in [0.15, 0.2) is 0 Å². The first-order valence-electron chi connectivity index (χ1n) is 9.14. The van der Waals surface area contributed by atoms with E-state index in [0.29, 0.717) is 11.3 Å². The molecule has 1 unspecified atom stereocenters. The predicted octanol–water partition coefficient (Wildman–Crippen LogP) is 3.05. The van der Waals surface area contributed by atoms with Crippen molar-refractivity contribution in [2.24, 2.45) is 0 Å². The molecule has 0 aliphatic rings. The van der Waals surface area contributed by atoms with Gasteiger partial charge in [0.05, 0.1) is 17.7 Å². The van der Waals surface area contributed by atoms with Crippen LogP contribution in [-0.4, -0.2) is 53.2 Å². The van der Waals surface area contributed by atoms with Crippen molar-refractivity contribution in [3.05, 3.63) is 29.6 Å². The molecular weight excluding hydrogens is 364 g/mol. The van der Waals surface area contributed by atoms with Crippen molar-refractivity contribution in [1.29, 1.82) is 0 Å². The first-order valence-corrected chi connectivity index (χ1v) is 9.14. The van der Waals surface area contributed by atoms with Crippen LogP contribution in [0.25, 0.3) is 0 Å². The highest BCUT2D eigenvalue weighted by Crippen LogP contribution is 2.20. The fourth-order valence-corrected chi connectivity index (χ4v) is 2.21. The zero-order valence-electron chi connectivity index (χ0n) is 17.6. The number of hydrogen-bond donors (Lipinski definition) is 0. The number of carbonyl (C=O) groups is 3. The van der Waals surface area contributed by atoms with E-state index in [1.54, 1.807) is 59.9 Å². The molecule has 1 heterocycles. The molecule has 28 heavy (non-hydrogen) atoms. The van der Waals surface area contributed by atoms with Gasteiger partial charge >= 0.3 is 18.0 Å². The monoisotopic (exact) mass is 394 g/mol. The zero-order valence-corrected chi connectivity index (χ0v) is 17.6. The molecule has 0 aliphatic carbocycles. The molecule has 1 amide bonds. The Labute approximate surface area is 166 Å². The molecular formula is C20H30N2O6. The quantitative estimate of drug-likeness (QED) is 0.518. The summed E-state index contributed by atoms with van der Waals surface area (Å²) < 4.78 is 15.7. The Morgan fingerprint density at radius 3 is 2.39 bits per heavy atom. The second kappa shape index (κ2) is 10.1. The van der Waals surface area contributed by atoms with Gasteiger partial charge in [0.25, 0.3) is 0 Å². The maximum Gasteiger partial charge on any atom is 0.410 e. The normalized spacial score (nSPS) is 12.3. The zero-order chi connectivity index (χ0) is 21.5. The lowest BCUT2D eigenvalue weighted by Gasteiger charge is -2.24. The van der Waals surface area contributed by atoms with E-state index in [1.807, 2.05) is 0 Å². The van der Waals surface area contributed by atoms with Crippen LogP contribution in [0.5, 0.6) is 0 Å². The summed E-state index contributed by atoms with van der Waals surface area (Å²) in [5, 5.41) is 0. The van der Waals surface area contributed by atoms with Crippen LogP contribution in [0.2, 0.25) is 0 Å². The Morgan fingerprint density at radius 2 is 1.82 bits per heavy atom. The molecule has 8 nitrogen and oxygen atoms in total. The van der Waals surface area contributed by atoms with Crippen molar-refractivity contribution in [3.8, 4) is 0 Å².